The molecule has 2 fully saturated rings. The van der Waals surface area contributed by atoms with Crippen molar-refractivity contribution in [2.75, 3.05) is 66.3 Å². The molecule has 0 spiro atoms. The number of nitrogens with one attached hydrogen (secondary N) is 2. The lowest BCUT2D eigenvalue weighted by Crippen LogP contribution is -2.53. The van der Waals surface area contributed by atoms with Crippen molar-refractivity contribution in [2.45, 2.75) is 25.5 Å². The van der Waals surface area contributed by atoms with Gasteiger partial charge in [0.1, 0.15) is 12.4 Å². The fourth-order valence-electron chi connectivity index (χ4n) is 3.73. The molecule has 2 aliphatic heterocycles. The molecule has 2 aliphatic rings. The van der Waals surface area contributed by atoms with Gasteiger partial charge in [-0.2, -0.15) is 0 Å². The van der Waals surface area contributed by atoms with Crippen molar-refractivity contribution >= 4 is 29.9 Å². The van der Waals surface area contributed by atoms with Crippen molar-refractivity contribution in [3.8, 4) is 0 Å². The highest BCUT2D eigenvalue weighted by Gasteiger charge is 2.31. The first-order chi connectivity index (χ1) is 13.9. The topological polar surface area (TPSA) is 80.5 Å². The summed E-state index contributed by atoms with van der Waals surface area (Å²) < 4.78 is 22.0. The Bertz CT molecular complexity index is 561. The lowest BCUT2D eigenvalue weighted by atomic mass is 9.97. The number of hydrogen-bond acceptors (Lipinski definition) is 6. The van der Waals surface area contributed by atoms with Gasteiger partial charge in [-0.3, -0.25) is 9.89 Å². The molecule has 0 saturated carbocycles. The number of furan rings is 1. The molecule has 3 rings (SSSR count). The van der Waals surface area contributed by atoms with Gasteiger partial charge in [-0.1, -0.05) is 0 Å². The van der Waals surface area contributed by atoms with Crippen LogP contribution < -0.4 is 10.6 Å². The van der Waals surface area contributed by atoms with Crippen molar-refractivity contribution in [2.24, 2.45) is 10.9 Å². The van der Waals surface area contributed by atoms with E-state index in [1.54, 1.807) is 6.26 Å². The molecule has 1 aromatic rings. The van der Waals surface area contributed by atoms with Crippen LogP contribution in [-0.2, 0) is 20.8 Å². The summed E-state index contributed by atoms with van der Waals surface area (Å²) in [7, 11) is 1.81. The van der Waals surface area contributed by atoms with Crippen molar-refractivity contribution in [3.63, 3.8) is 0 Å². The second-order valence-corrected chi connectivity index (χ2v) is 7.20. The maximum absolute atomic E-state index is 5.64. The molecule has 1 aromatic heterocycles. The fourth-order valence-corrected chi connectivity index (χ4v) is 3.73. The molecule has 9 heteroatoms. The van der Waals surface area contributed by atoms with E-state index in [0.29, 0.717) is 25.2 Å². The first-order valence-electron chi connectivity index (χ1n) is 10.3. The van der Waals surface area contributed by atoms with Gasteiger partial charge in [0.05, 0.1) is 26.1 Å². The number of aliphatic imine (C=N–C) groups is 1. The molecule has 0 aromatic carbocycles. The van der Waals surface area contributed by atoms with Gasteiger partial charge in [0.25, 0.3) is 0 Å². The first-order valence-corrected chi connectivity index (χ1v) is 10.3. The molecule has 0 radical (unpaired) electrons. The van der Waals surface area contributed by atoms with Gasteiger partial charge in [-0.05, 0) is 25.0 Å². The van der Waals surface area contributed by atoms with Crippen LogP contribution in [0.3, 0.4) is 0 Å². The quantitative estimate of drug-likeness (QED) is 0.210. The Balaban J connectivity index is 0.00000300. The van der Waals surface area contributed by atoms with E-state index in [2.05, 4.69) is 20.5 Å². The zero-order valence-corrected chi connectivity index (χ0v) is 19.6. The van der Waals surface area contributed by atoms with E-state index in [4.69, 9.17) is 18.6 Å². The largest absolute Gasteiger partial charge is 0.467 e. The van der Waals surface area contributed by atoms with Gasteiger partial charge >= 0.3 is 0 Å². The Morgan fingerprint density at radius 2 is 2.14 bits per heavy atom. The highest BCUT2D eigenvalue weighted by molar-refractivity contribution is 14.0. The second kappa shape index (κ2) is 14.2. The average molecular weight is 522 g/mol. The van der Waals surface area contributed by atoms with Gasteiger partial charge in [0, 0.05) is 58.4 Å². The second-order valence-electron chi connectivity index (χ2n) is 7.20. The summed E-state index contributed by atoms with van der Waals surface area (Å²) in [5, 5.41) is 6.87. The minimum Gasteiger partial charge on any atom is -0.467 e. The molecule has 0 aliphatic carbocycles. The average Bonchev–Trinajstić information content (AvgIpc) is 3.44. The predicted molar refractivity (Wildman–Crippen MR) is 123 cm³/mol. The summed E-state index contributed by atoms with van der Waals surface area (Å²) >= 11 is 0. The van der Waals surface area contributed by atoms with Crippen molar-refractivity contribution in [3.05, 3.63) is 24.2 Å². The maximum Gasteiger partial charge on any atom is 0.191 e. The predicted octanol–water partition coefficient (Wildman–Crippen LogP) is 1.71. The summed E-state index contributed by atoms with van der Waals surface area (Å²) in [5.41, 5.74) is 0. The molecular formula is C20H35IN4O4. The van der Waals surface area contributed by atoms with Gasteiger partial charge in [0.2, 0.25) is 0 Å². The lowest BCUT2D eigenvalue weighted by Gasteiger charge is -2.37. The normalized spacial score (nSPS) is 21.6. The van der Waals surface area contributed by atoms with Crippen LogP contribution in [-0.4, -0.2) is 83.2 Å². The number of nitrogens with zero attached hydrogens (tertiary/aromatic N) is 2. The van der Waals surface area contributed by atoms with Crippen LogP contribution in [0.1, 0.15) is 18.6 Å². The Hall–Kier alpha value is -0.880. The fraction of sp³-hybridized carbons (Fsp3) is 0.750. The molecule has 166 valence electrons. The number of halogens is 1. The van der Waals surface area contributed by atoms with Crippen LogP contribution in [0.25, 0.3) is 0 Å². The monoisotopic (exact) mass is 522 g/mol. The molecule has 8 nitrogen and oxygen atoms in total. The molecule has 2 atom stereocenters. The number of morpholine rings is 1. The van der Waals surface area contributed by atoms with E-state index in [0.717, 1.165) is 77.2 Å². The molecule has 2 saturated heterocycles. The first kappa shape index (κ1) is 24.4. The summed E-state index contributed by atoms with van der Waals surface area (Å²) in [6.45, 7) is 8.20. The van der Waals surface area contributed by atoms with Gasteiger partial charge in [-0.15, -0.1) is 24.0 Å². The third-order valence-corrected chi connectivity index (χ3v) is 5.31. The Morgan fingerprint density at radius 1 is 1.28 bits per heavy atom. The summed E-state index contributed by atoms with van der Waals surface area (Å²) in [6.07, 6.45) is 3.70. The molecular weight excluding hydrogens is 487 g/mol. The molecule has 2 N–H and O–H groups in total. The zero-order chi connectivity index (χ0) is 19.4. The van der Waals surface area contributed by atoms with Crippen molar-refractivity contribution in [1.29, 1.82) is 0 Å². The molecule has 0 amide bonds. The Kier molecular flexibility index (Phi) is 11.9. The van der Waals surface area contributed by atoms with E-state index in [-0.39, 0.29) is 24.0 Å². The summed E-state index contributed by atoms with van der Waals surface area (Å²) in [5.74, 6) is 2.26. The van der Waals surface area contributed by atoms with E-state index in [1.807, 2.05) is 19.2 Å². The van der Waals surface area contributed by atoms with E-state index in [9.17, 15) is 0 Å². The Morgan fingerprint density at radius 3 is 2.83 bits per heavy atom. The third-order valence-electron chi connectivity index (χ3n) is 5.31. The van der Waals surface area contributed by atoms with E-state index >= 15 is 0 Å². The maximum atomic E-state index is 5.64. The Labute approximate surface area is 190 Å². The van der Waals surface area contributed by atoms with Crippen LogP contribution in [0, 0.1) is 5.92 Å². The SMILES string of the molecule is CN=C(NCCCOCc1ccco1)NCC(C1CCOC1)N1CCOCC1.I. The number of rotatable bonds is 10. The summed E-state index contributed by atoms with van der Waals surface area (Å²) in [6, 6.07) is 4.24. The van der Waals surface area contributed by atoms with Crippen LogP contribution in [0.5, 0.6) is 0 Å². The molecule has 29 heavy (non-hydrogen) atoms. The van der Waals surface area contributed by atoms with Gasteiger partial charge in [-0.25, -0.2) is 0 Å². The van der Waals surface area contributed by atoms with Crippen LogP contribution in [0.4, 0.5) is 0 Å². The molecule has 0 bridgehead atoms. The van der Waals surface area contributed by atoms with E-state index < -0.39 is 0 Å². The van der Waals surface area contributed by atoms with Gasteiger partial charge < -0.3 is 29.3 Å². The third kappa shape index (κ3) is 8.41. The highest BCUT2D eigenvalue weighted by atomic mass is 127. The molecule has 2 unspecified atom stereocenters. The number of guanidine groups is 1. The molecule has 3 heterocycles. The minimum atomic E-state index is 0. The number of ether oxygens (including phenoxy) is 3. The minimum absolute atomic E-state index is 0. The van der Waals surface area contributed by atoms with Crippen molar-refractivity contribution < 1.29 is 18.6 Å². The highest BCUT2D eigenvalue weighted by Crippen LogP contribution is 2.21. The van der Waals surface area contributed by atoms with E-state index in [1.165, 1.54) is 0 Å². The van der Waals surface area contributed by atoms with Gasteiger partial charge in [0.15, 0.2) is 5.96 Å². The smallest absolute Gasteiger partial charge is 0.191 e. The lowest BCUT2D eigenvalue weighted by molar-refractivity contribution is 0.00246. The standard InChI is InChI=1S/C20H34N4O4.HI/c1-21-20(22-6-3-9-26-16-18-4-2-10-28-18)23-14-19(17-5-11-27-15-17)24-7-12-25-13-8-24;/h2,4,10,17,19H,3,5-9,11-16H2,1H3,(H2,21,22,23);1H. The zero-order valence-electron chi connectivity index (χ0n) is 17.3. The number of hydrogen-bond donors (Lipinski definition) is 2. The van der Waals surface area contributed by atoms with Crippen LogP contribution in [0.15, 0.2) is 27.8 Å². The van der Waals surface area contributed by atoms with Crippen molar-refractivity contribution in [1.82, 2.24) is 15.5 Å². The van der Waals surface area contributed by atoms with Crippen LogP contribution >= 0.6 is 24.0 Å². The van der Waals surface area contributed by atoms with Crippen LogP contribution in [0.2, 0.25) is 0 Å². The summed E-state index contributed by atoms with van der Waals surface area (Å²) in [4.78, 5) is 6.89.